The van der Waals surface area contributed by atoms with Gasteiger partial charge in [0.25, 0.3) is 0 Å². The summed E-state index contributed by atoms with van der Waals surface area (Å²) < 4.78 is 0. The summed E-state index contributed by atoms with van der Waals surface area (Å²) >= 11 is 0. The Morgan fingerprint density at radius 2 is 2.08 bits per heavy atom. The van der Waals surface area contributed by atoms with E-state index in [1.165, 1.54) is 31.3 Å². The zero-order valence-corrected chi connectivity index (χ0v) is 8.27. The molecule has 1 rings (SSSR count). The van der Waals surface area contributed by atoms with Crippen molar-refractivity contribution in [1.29, 1.82) is 0 Å². The van der Waals surface area contributed by atoms with Crippen LogP contribution in [0.1, 0.15) is 46.0 Å². The summed E-state index contributed by atoms with van der Waals surface area (Å²) in [6.45, 7) is 4.67. The molecule has 1 saturated carbocycles. The molecule has 1 N–H and O–H groups in total. The predicted octanol–water partition coefficient (Wildman–Crippen LogP) is 2.90. The Morgan fingerprint density at radius 1 is 1.42 bits per heavy atom. The van der Waals surface area contributed by atoms with Gasteiger partial charge in [-0.25, -0.2) is 0 Å². The molecule has 0 aromatic rings. The molecule has 1 nitrogen and oxygen atoms in total. The van der Waals surface area contributed by atoms with Gasteiger partial charge in [-0.2, -0.15) is 0 Å². The molecule has 12 heavy (non-hydrogen) atoms. The van der Waals surface area contributed by atoms with E-state index in [4.69, 9.17) is 5.11 Å². The summed E-state index contributed by atoms with van der Waals surface area (Å²) in [5, 5.41) is 8.72. The van der Waals surface area contributed by atoms with Crippen molar-refractivity contribution in [3.8, 4) is 0 Å². The largest absolute Gasteiger partial charge is 0.396 e. The van der Waals surface area contributed by atoms with E-state index in [1.807, 2.05) is 0 Å². The first-order valence-electron chi connectivity index (χ1n) is 4.93. The quantitative estimate of drug-likeness (QED) is 0.626. The lowest BCUT2D eigenvalue weighted by Crippen LogP contribution is -2.00. The van der Waals surface area contributed by atoms with E-state index in [9.17, 15) is 0 Å². The highest BCUT2D eigenvalue weighted by Gasteiger charge is 2.40. The zero-order valence-electron chi connectivity index (χ0n) is 8.27. The van der Waals surface area contributed by atoms with Crippen molar-refractivity contribution in [1.82, 2.24) is 0 Å². The van der Waals surface area contributed by atoms with Gasteiger partial charge in [0, 0.05) is 6.61 Å². The lowest BCUT2D eigenvalue weighted by atomic mass is 9.95. The first kappa shape index (κ1) is 9.79. The highest BCUT2D eigenvalue weighted by Crippen LogP contribution is 2.52. The molecule has 0 aromatic heterocycles. The van der Waals surface area contributed by atoms with Gasteiger partial charge in [-0.05, 0) is 51.4 Å². The molecule has 1 heteroatoms. The molecule has 0 atom stereocenters. The molecule has 0 spiro atoms. The Morgan fingerprint density at radius 3 is 2.50 bits per heavy atom. The first-order valence-corrected chi connectivity index (χ1v) is 4.93. The second-order valence-electron chi connectivity index (χ2n) is 4.31. The molecule has 1 aliphatic rings. The van der Waals surface area contributed by atoms with Crippen molar-refractivity contribution < 1.29 is 5.11 Å². The van der Waals surface area contributed by atoms with Crippen LogP contribution in [0.2, 0.25) is 0 Å². The van der Waals surface area contributed by atoms with Crippen molar-refractivity contribution in [3.63, 3.8) is 0 Å². The average molecular weight is 168 g/mol. The molecule has 0 bridgehead atoms. The topological polar surface area (TPSA) is 20.2 Å². The molecule has 0 aliphatic heterocycles. The van der Waals surface area contributed by atoms with Gasteiger partial charge < -0.3 is 5.11 Å². The number of aliphatic hydroxyl groups is 1. The summed E-state index contributed by atoms with van der Waals surface area (Å²) in [7, 11) is 0. The zero-order chi connectivity index (χ0) is 9.03. The number of hydrogen-bond acceptors (Lipinski definition) is 1. The number of hydrogen-bond donors (Lipinski definition) is 1. The number of allylic oxidation sites excluding steroid dienone is 2. The third kappa shape index (κ3) is 2.98. The van der Waals surface area contributed by atoms with E-state index in [1.54, 1.807) is 0 Å². The van der Waals surface area contributed by atoms with Crippen LogP contribution in [-0.4, -0.2) is 11.7 Å². The molecule has 70 valence electrons. The van der Waals surface area contributed by atoms with Gasteiger partial charge in [0.2, 0.25) is 0 Å². The van der Waals surface area contributed by atoms with E-state index in [0.29, 0.717) is 12.0 Å². The summed E-state index contributed by atoms with van der Waals surface area (Å²) in [5.74, 6) is 0. The molecule has 0 heterocycles. The lowest BCUT2D eigenvalue weighted by Gasteiger charge is -2.11. The van der Waals surface area contributed by atoms with Crippen LogP contribution in [-0.2, 0) is 0 Å². The molecule has 0 radical (unpaired) electrons. The summed E-state index contributed by atoms with van der Waals surface area (Å²) in [6, 6.07) is 0. The van der Waals surface area contributed by atoms with Crippen LogP contribution >= 0.6 is 0 Å². The van der Waals surface area contributed by atoms with E-state index in [-0.39, 0.29) is 0 Å². The van der Waals surface area contributed by atoms with E-state index in [2.05, 4.69) is 19.9 Å². The average Bonchev–Trinajstić information content (AvgIpc) is 2.79. The molecule has 0 amide bonds. The lowest BCUT2D eigenvalue weighted by molar-refractivity contribution is 0.267. The molecule has 0 unspecified atom stereocenters. The smallest absolute Gasteiger partial charge is 0.0431 e. The number of rotatable bonds is 5. The second-order valence-corrected chi connectivity index (χ2v) is 4.31. The SMILES string of the molecule is CC(C)=CCC1(CCCO)CC1. The molecule has 1 aliphatic carbocycles. The van der Waals surface area contributed by atoms with Gasteiger partial charge >= 0.3 is 0 Å². The van der Waals surface area contributed by atoms with Gasteiger partial charge in [-0.3, -0.25) is 0 Å². The summed E-state index contributed by atoms with van der Waals surface area (Å²) in [4.78, 5) is 0. The molecule has 0 aromatic carbocycles. The van der Waals surface area contributed by atoms with Crippen LogP contribution < -0.4 is 0 Å². The normalized spacial score (nSPS) is 18.9. The number of aliphatic hydroxyl groups excluding tert-OH is 1. The summed E-state index contributed by atoms with van der Waals surface area (Å²) in [6.07, 6.45) is 8.51. The summed E-state index contributed by atoms with van der Waals surface area (Å²) in [5.41, 5.74) is 2.02. The molecular formula is C11H20O. The van der Waals surface area contributed by atoms with Crippen molar-refractivity contribution in [2.45, 2.75) is 46.0 Å². The standard InChI is InChI=1S/C11H20O/c1-10(2)4-6-11(7-8-11)5-3-9-12/h4,12H,3,5-9H2,1-2H3. The van der Waals surface area contributed by atoms with E-state index >= 15 is 0 Å². The molecule has 1 fully saturated rings. The van der Waals surface area contributed by atoms with Crippen LogP contribution in [0.3, 0.4) is 0 Å². The Kier molecular flexibility index (Phi) is 3.33. The first-order chi connectivity index (χ1) is 5.68. The van der Waals surface area contributed by atoms with Crippen LogP contribution in [0.25, 0.3) is 0 Å². The minimum Gasteiger partial charge on any atom is -0.396 e. The van der Waals surface area contributed by atoms with Gasteiger partial charge in [0.05, 0.1) is 0 Å². The molecular weight excluding hydrogens is 148 g/mol. The van der Waals surface area contributed by atoms with Crippen molar-refractivity contribution >= 4 is 0 Å². The van der Waals surface area contributed by atoms with Crippen LogP contribution in [0.4, 0.5) is 0 Å². The molecule has 0 saturated heterocycles. The van der Waals surface area contributed by atoms with Crippen LogP contribution in [0, 0.1) is 5.41 Å². The van der Waals surface area contributed by atoms with E-state index < -0.39 is 0 Å². The fourth-order valence-electron chi connectivity index (χ4n) is 1.61. The predicted molar refractivity (Wildman–Crippen MR) is 52.0 cm³/mol. The highest BCUT2D eigenvalue weighted by atomic mass is 16.2. The minimum absolute atomic E-state index is 0.358. The highest BCUT2D eigenvalue weighted by molar-refractivity contribution is 5.03. The van der Waals surface area contributed by atoms with Crippen molar-refractivity contribution in [3.05, 3.63) is 11.6 Å². The maximum Gasteiger partial charge on any atom is 0.0431 e. The fraction of sp³-hybridized carbons (Fsp3) is 0.818. The van der Waals surface area contributed by atoms with Crippen LogP contribution in [0.15, 0.2) is 11.6 Å². The Balaban J connectivity index is 2.25. The monoisotopic (exact) mass is 168 g/mol. The Hall–Kier alpha value is -0.300. The third-order valence-corrected chi connectivity index (χ3v) is 2.77. The van der Waals surface area contributed by atoms with Gasteiger partial charge in [0.15, 0.2) is 0 Å². The van der Waals surface area contributed by atoms with Gasteiger partial charge in [-0.15, -0.1) is 0 Å². The van der Waals surface area contributed by atoms with E-state index in [0.717, 1.165) is 6.42 Å². The van der Waals surface area contributed by atoms with Gasteiger partial charge in [-0.1, -0.05) is 11.6 Å². The maximum absolute atomic E-state index is 8.72. The second kappa shape index (κ2) is 4.08. The fourth-order valence-corrected chi connectivity index (χ4v) is 1.61. The van der Waals surface area contributed by atoms with Crippen LogP contribution in [0.5, 0.6) is 0 Å². The Bertz CT molecular complexity index is 162. The van der Waals surface area contributed by atoms with Gasteiger partial charge in [0.1, 0.15) is 0 Å². The maximum atomic E-state index is 8.72. The third-order valence-electron chi connectivity index (χ3n) is 2.77. The van der Waals surface area contributed by atoms with Crippen molar-refractivity contribution in [2.75, 3.05) is 6.61 Å². The Labute approximate surface area is 75.5 Å². The van der Waals surface area contributed by atoms with Crippen molar-refractivity contribution in [2.24, 2.45) is 5.41 Å². The minimum atomic E-state index is 0.358.